The van der Waals surface area contributed by atoms with Crippen molar-refractivity contribution in [2.75, 3.05) is 18.5 Å². The molecule has 0 aliphatic carbocycles. The van der Waals surface area contributed by atoms with Crippen LogP contribution in [0.1, 0.15) is 40.4 Å². The molecule has 0 unspecified atom stereocenters. The van der Waals surface area contributed by atoms with E-state index in [1.807, 2.05) is 20.8 Å². The van der Waals surface area contributed by atoms with Crippen molar-refractivity contribution in [2.24, 2.45) is 0 Å². The highest BCUT2D eigenvalue weighted by molar-refractivity contribution is 7.93. The minimum Gasteiger partial charge on any atom is -0.486 e. The summed E-state index contributed by atoms with van der Waals surface area (Å²) in [5.74, 6) is 0.853. The van der Waals surface area contributed by atoms with Gasteiger partial charge in [0, 0.05) is 17.5 Å². The molecule has 1 aliphatic heterocycles. The Bertz CT molecular complexity index is 1000. The molecule has 0 saturated carbocycles. The fourth-order valence-corrected chi connectivity index (χ4v) is 3.96. The Kier molecular flexibility index (Phi) is 4.91. The van der Waals surface area contributed by atoms with Gasteiger partial charge in [0.2, 0.25) is 5.91 Å². The Morgan fingerprint density at radius 2 is 1.68 bits per heavy atom. The number of ether oxygens (including phenoxy) is 2. The van der Waals surface area contributed by atoms with Crippen molar-refractivity contribution < 1.29 is 27.2 Å². The van der Waals surface area contributed by atoms with Crippen LogP contribution in [-0.4, -0.2) is 37.4 Å². The molecule has 3 rings (SSSR count). The van der Waals surface area contributed by atoms with Gasteiger partial charge in [0.15, 0.2) is 27.2 Å². The summed E-state index contributed by atoms with van der Waals surface area (Å²) in [5.41, 5.74) is -0.289. The number of aromatic nitrogens is 1. The van der Waals surface area contributed by atoms with Gasteiger partial charge in [0.25, 0.3) is 0 Å². The molecule has 0 spiro atoms. The summed E-state index contributed by atoms with van der Waals surface area (Å²) in [6, 6.07) is 5.91. The summed E-state index contributed by atoms with van der Waals surface area (Å²) in [5, 5.41) is 6.34. The minimum absolute atomic E-state index is 0.0209. The van der Waals surface area contributed by atoms with Gasteiger partial charge in [-0.25, -0.2) is 8.42 Å². The molecule has 1 amide bonds. The molecule has 1 aromatic carbocycles. The molecule has 152 valence electrons. The molecule has 2 aromatic rings. The normalized spacial score (nSPS) is 14.6. The zero-order valence-electron chi connectivity index (χ0n) is 16.5. The van der Waals surface area contributed by atoms with Gasteiger partial charge in [-0.3, -0.25) is 4.79 Å². The molecule has 0 radical (unpaired) electrons. The molecule has 0 bridgehead atoms. The molecule has 9 heteroatoms. The molecule has 1 N–H and O–H groups in total. The highest BCUT2D eigenvalue weighted by atomic mass is 32.2. The van der Waals surface area contributed by atoms with Crippen molar-refractivity contribution in [3.8, 4) is 11.5 Å². The van der Waals surface area contributed by atoms with Gasteiger partial charge in [-0.05, 0) is 26.0 Å². The van der Waals surface area contributed by atoms with Crippen LogP contribution >= 0.6 is 0 Å². The first kappa shape index (κ1) is 20.2. The van der Waals surface area contributed by atoms with Crippen LogP contribution in [0.15, 0.2) is 33.7 Å². The minimum atomic E-state index is -4.02. The van der Waals surface area contributed by atoms with Crippen molar-refractivity contribution in [3.63, 3.8) is 0 Å². The lowest BCUT2D eigenvalue weighted by Crippen LogP contribution is -2.44. The van der Waals surface area contributed by atoms with Crippen molar-refractivity contribution in [3.05, 3.63) is 30.0 Å². The van der Waals surface area contributed by atoms with Gasteiger partial charge in [0.1, 0.15) is 23.7 Å². The number of rotatable bonds is 4. The van der Waals surface area contributed by atoms with Crippen molar-refractivity contribution in [1.82, 2.24) is 5.16 Å². The average molecular weight is 408 g/mol. The zero-order valence-corrected chi connectivity index (χ0v) is 17.3. The van der Waals surface area contributed by atoms with E-state index in [0.29, 0.717) is 30.5 Å². The summed E-state index contributed by atoms with van der Waals surface area (Å²) >= 11 is 0. The maximum Gasteiger partial charge on any atom is 0.246 e. The first-order valence-corrected chi connectivity index (χ1v) is 10.3. The second-order valence-electron chi connectivity index (χ2n) is 8.10. The highest BCUT2D eigenvalue weighted by Crippen LogP contribution is 2.36. The van der Waals surface area contributed by atoms with E-state index in [0.717, 1.165) is 0 Å². The summed E-state index contributed by atoms with van der Waals surface area (Å²) in [7, 11) is -4.02. The number of nitrogens with one attached hydrogen (secondary N) is 1. The lowest BCUT2D eigenvalue weighted by Gasteiger charge is -2.24. The van der Waals surface area contributed by atoms with Gasteiger partial charge < -0.3 is 19.3 Å². The fraction of sp³-hybridized carbons (Fsp3) is 0.474. The van der Waals surface area contributed by atoms with Crippen LogP contribution in [0.3, 0.4) is 0 Å². The van der Waals surface area contributed by atoms with Gasteiger partial charge >= 0.3 is 0 Å². The van der Waals surface area contributed by atoms with Crippen LogP contribution < -0.4 is 14.8 Å². The Morgan fingerprint density at radius 3 is 2.29 bits per heavy atom. The van der Waals surface area contributed by atoms with E-state index in [1.165, 1.54) is 32.0 Å². The van der Waals surface area contributed by atoms with E-state index < -0.39 is 20.5 Å². The van der Waals surface area contributed by atoms with E-state index in [9.17, 15) is 13.2 Å². The van der Waals surface area contributed by atoms with Crippen molar-refractivity contribution >= 4 is 21.6 Å². The smallest absolute Gasteiger partial charge is 0.246 e. The number of nitrogens with zero attached hydrogens (tertiary/aromatic N) is 1. The Labute approximate surface area is 164 Å². The zero-order chi connectivity index (χ0) is 20.7. The number of hydrogen-bond donors (Lipinski definition) is 1. The summed E-state index contributed by atoms with van der Waals surface area (Å²) in [6.07, 6.45) is 0. The SMILES string of the molecule is CC(C)(C)c1cc(NC(=O)C(C)(C)S(=O)(=O)c2ccc3c(c2)OCCO3)no1. The number of carbonyl (C=O) groups excluding carboxylic acids is 1. The van der Waals surface area contributed by atoms with Gasteiger partial charge in [-0.2, -0.15) is 0 Å². The molecule has 2 heterocycles. The quantitative estimate of drug-likeness (QED) is 0.828. The van der Waals surface area contributed by atoms with Gasteiger partial charge in [0.05, 0.1) is 4.90 Å². The van der Waals surface area contributed by atoms with E-state index in [4.69, 9.17) is 14.0 Å². The number of fused-ring (bicyclic) bond motifs is 1. The standard InChI is InChI=1S/C19H24N2O6S/c1-18(2,3)15-11-16(21-27-15)20-17(22)19(4,5)28(23,24)12-6-7-13-14(10-12)26-9-8-25-13/h6-7,10-11H,8-9H2,1-5H3,(H,20,21,22). The van der Waals surface area contributed by atoms with Gasteiger partial charge in [-0.15, -0.1) is 0 Å². The Morgan fingerprint density at radius 1 is 1.04 bits per heavy atom. The molecule has 8 nitrogen and oxygen atoms in total. The van der Waals surface area contributed by atoms with Crippen LogP contribution in [0.2, 0.25) is 0 Å². The van der Waals surface area contributed by atoms with E-state index in [2.05, 4.69) is 10.5 Å². The number of amides is 1. The summed E-state index contributed by atoms with van der Waals surface area (Å²) < 4.78 is 40.6. The number of carbonyl (C=O) groups is 1. The maximum atomic E-state index is 13.1. The van der Waals surface area contributed by atoms with Crippen LogP contribution in [0, 0.1) is 0 Å². The third-order valence-corrected chi connectivity index (χ3v) is 6.94. The lowest BCUT2D eigenvalue weighted by molar-refractivity contribution is -0.117. The summed E-state index contributed by atoms with van der Waals surface area (Å²) in [4.78, 5) is 12.8. The van der Waals surface area contributed by atoms with Crippen LogP contribution in [0.25, 0.3) is 0 Å². The van der Waals surface area contributed by atoms with E-state index in [1.54, 1.807) is 6.07 Å². The first-order valence-electron chi connectivity index (χ1n) is 8.86. The predicted octanol–water partition coefficient (Wildman–Crippen LogP) is 2.93. The molecule has 0 saturated heterocycles. The third-order valence-electron chi connectivity index (χ3n) is 4.53. The first-order chi connectivity index (χ1) is 12.9. The molecule has 28 heavy (non-hydrogen) atoms. The van der Waals surface area contributed by atoms with Gasteiger partial charge in [-0.1, -0.05) is 25.9 Å². The summed E-state index contributed by atoms with van der Waals surface area (Å²) in [6.45, 7) is 9.25. The average Bonchev–Trinajstić information content (AvgIpc) is 3.10. The predicted molar refractivity (Wildman–Crippen MR) is 103 cm³/mol. The maximum absolute atomic E-state index is 13.1. The van der Waals surface area contributed by atoms with Crippen LogP contribution in [0.5, 0.6) is 11.5 Å². The second kappa shape index (κ2) is 6.80. The molecular formula is C19H24N2O6S. The highest BCUT2D eigenvalue weighted by Gasteiger charge is 2.43. The molecular weight excluding hydrogens is 384 g/mol. The largest absolute Gasteiger partial charge is 0.486 e. The van der Waals surface area contributed by atoms with Crippen LogP contribution in [-0.2, 0) is 20.0 Å². The van der Waals surface area contributed by atoms with Crippen molar-refractivity contribution in [2.45, 2.75) is 49.7 Å². The second-order valence-corrected chi connectivity index (χ2v) is 10.6. The Hall–Kier alpha value is -2.55. The monoisotopic (exact) mass is 408 g/mol. The van der Waals surface area contributed by atoms with Crippen LogP contribution in [0.4, 0.5) is 5.82 Å². The topological polar surface area (TPSA) is 108 Å². The van der Waals surface area contributed by atoms with Crippen molar-refractivity contribution in [1.29, 1.82) is 0 Å². The number of sulfone groups is 1. The molecule has 0 atom stereocenters. The van der Waals surface area contributed by atoms with E-state index >= 15 is 0 Å². The number of anilines is 1. The number of benzene rings is 1. The third kappa shape index (κ3) is 3.58. The fourth-order valence-electron chi connectivity index (χ4n) is 2.56. The molecule has 1 aromatic heterocycles. The lowest BCUT2D eigenvalue weighted by atomic mass is 9.93. The molecule has 0 fully saturated rings. The van der Waals surface area contributed by atoms with E-state index in [-0.39, 0.29) is 16.1 Å². The number of hydrogen-bond acceptors (Lipinski definition) is 7. The molecule has 1 aliphatic rings. The Balaban J connectivity index is 1.86.